The normalized spacial score (nSPS) is 21.8. The summed E-state index contributed by atoms with van der Waals surface area (Å²) in [5, 5.41) is 4.52. The highest BCUT2D eigenvalue weighted by molar-refractivity contribution is 6.01. The second-order valence-electron chi connectivity index (χ2n) is 11.3. The number of ether oxygens (including phenoxy) is 3. The van der Waals surface area contributed by atoms with Gasteiger partial charge in [0.15, 0.2) is 11.6 Å². The fraction of sp³-hybridized carbons (Fsp3) is 0.581. The Labute approximate surface area is 235 Å². The molecule has 9 nitrogen and oxygen atoms in total. The predicted molar refractivity (Wildman–Crippen MR) is 149 cm³/mol. The molecule has 3 aromatic rings. The van der Waals surface area contributed by atoms with Crippen molar-refractivity contribution in [3.05, 3.63) is 52.6 Å². The van der Waals surface area contributed by atoms with Gasteiger partial charge in [0, 0.05) is 31.3 Å². The number of esters is 1. The number of aromatic nitrogens is 4. The lowest BCUT2D eigenvalue weighted by Gasteiger charge is -2.43. The summed E-state index contributed by atoms with van der Waals surface area (Å²) in [4.78, 5) is 36.0. The molecule has 9 heteroatoms. The number of carbonyl (C=O) groups excluding carboxylic acids is 2. The minimum atomic E-state index is -0.886. The van der Waals surface area contributed by atoms with Crippen LogP contribution in [0.3, 0.4) is 0 Å². The molecule has 40 heavy (non-hydrogen) atoms. The first-order valence-electron chi connectivity index (χ1n) is 14.5. The van der Waals surface area contributed by atoms with Gasteiger partial charge in [-0.2, -0.15) is 4.98 Å². The van der Waals surface area contributed by atoms with E-state index in [0.717, 1.165) is 66.8 Å². The smallest absolute Gasteiger partial charge is 0.317 e. The van der Waals surface area contributed by atoms with Gasteiger partial charge in [-0.3, -0.25) is 9.59 Å². The van der Waals surface area contributed by atoms with Crippen molar-refractivity contribution < 1.29 is 23.8 Å². The van der Waals surface area contributed by atoms with Crippen molar-refractivity contribution in [2.45, 2.75) is 84.2 Å². The number of aryl methyl sites for hydroxylation is 4. The van der Waals surface area contributed by atoms with Crippen LogP contribution in [0.1, 0.15) is 73.8 Å². The van der Waals surface area contributed by atoms with Gasteiger partial charge in [0.25, 0.3) is 5.78 Å². The molecule has 214 valence electrons. The molecule has 2 unspecified atom stereocenters. The van der Waals surface area contributed by atoms with Gasteiger partial charge in [0.2, 0.25) is 0 Å². The van der Waals surface area contributed by atoms with E-state index in [2.05, 4.69) is 34.1 Å². The summed E-state index contributed by atoms with van der Waals surface area (Å²) in [5.74, 6) is 0.584. The van der Waals surface area contributed by atoms with E-state index >= 15 is 0 Å². The highest BCUT2D eigenvalue weighted by Gasteiger charge is 2.51. The number of rotatable bonds is 11. The molecule has 1 aliphatic heterocycles. The van der Waals surface area contributed by atoms with E-state index in [0.29, 0.717) is 31.2 Å². The average molecular weight is 549 g/mol. The maximum atomic E-state index is 13.6. The van der Waals surface area contributed by atoms with Crippen molar-refractivity contribution in [3.63, 3.8) is 0 Å². The van der Waals surface area contributed by atoms with Crippen LogP contribution in [-0.4, -0.2) is 57.3 Å². The van der Waals surface area contributed by atoms with E-state index in [1.165, 1.54) is 0 Å². The van der Waals surface area contributed by atoms with E-state index in [4.69, 9.17) is 14.2 Å². The van der Waals surface area contributed by atoms with Crippen LogP contribution < -0.4 is 4.74 Å². The zero-order valence-corrected chi connectivity index (χ0v) is 24.1. The molecule has 0 amide bonds. The fourth-order valence-electron chi connectivity index (χ4n) is 6.35. The Bertz CT molecular complexity index is 1360. The lowest BCUT2D eigenvalue weighted by molar-refractivity contribution is -0.185. The van der Waals surface area contributed by atoms with Gasteiger partial charge >= 0.3 is 5.97 Å². The van der Waals surface area contributed by atoms with Gasteiger partial charge in [0.1, 0.15) is 23.9 Å². The van der Waals surface area contributed by atoms with Gasteiger partial charge in [-0.1, -0.05) is 31.9 Å². The largest absolute Gasteiger partial charge is 0.491 e. The van der Waals surface area contributed by atoms with E-state index < -0.39 is 17.5 Å². The Morgan fingerprint density at radius 1 is 1.10 bits per heavy atom. The van der Waals surface area contributed by atoms with E-state index in [-0.39, 0.29) is 24.5 Å². The molecule has 2 fully saturated rings. The first-order chi connectivity index (χ1) is 19.3. The topological polar surface area (TPSA) is 105 Å². The Hall–Kier alpha value is -3.33. The Kier molecular flexibility index (Phi) is 8.49. The van der Waals surface area contributed by atoms with Crippen molar-refractivity contribution in [2.24, 2.45) is 11.8 Å². The lowest BCUT2D eigenvalue weighted by atomic mass is 9.73. The molecule has 0 N–H and O–H groups in total. The number of benzene rings is 1. The monoisotopic (exact) mass is 548 g/mol. The molecule has 1 saturated carbocycles. The number of hydrogen-bond donors (Lipinski definition) is 0. The maximum Gasteiger partial charge on any atom is 0.317 e. The van der Waals surface area contributed by atoms with Gasteiger partial charge in [-0.15, -0.1) is 5.10 Å². The standard InChI is InChI=1S/C31H40N4O5/c1-5-23-17-22(10-11-27(23)39-15-14-38-4)12-13-31(24-8-6-7-9-24)19-26(36)25(29(37)40-31)18-28-33-30-32-20(2)16-21(3)35(30)34-28/h10-11,16-17,24-25H,5-9,12-15,18-19H2,1-4H3. The first-order valence-corrected chi connectivity index (χ1v) is 14.5. The zero-order chi connectivity index (χ0) is 28.3. The summed E-state index contributed by atoms with van der Waals surface area (Å²) in [6.45, 7) is 6.99. The zero-order valence-electron chi connectivity index (χ0n) is 24.1. The summed E-state index contributed by atoms with van der Waals surface area (Å²) >= 11 is 0. The van der Waals surface area contributed by atoms with Gasteiger partial charge in [-0.05, 0) is 75.1 Å². The van der Waals surface area contributed by atoms with E-state index in [9.17, 15) is 9.59 Å². The van der Waals surface area contributed by atoms with Crippen LogP contribution in [0.25, 0.3) is 5.78 Å². The fourth-order valence-corrected chi connectivity index (χ4v) is 6.35. The van der Waals surface area contributed by atoms with Gasteiger partial charge in [-0.25, -0.2) is 9.50 Å². The SMILES string of the molecule is CCc1cc(CCC2(C3CCCC3)CC(=O)C(Cc3nc4nc(C)cc(C)n4n3)C(=O)O2)ccc1OCCOC. The van der Waals surface area contributed by atoms with Crippen molar-refractivity contribution in [3.8, 4) is 5.75 Å². The van der Waals surface area contributed by atoms with Gasteiger partial charge < -0.3 is 14.2 Å². The Balaban J connectivity index is 1.32. The molecular weight excluding hydrogens is 508 g/mol. The third kappa shape index (κ3) is 5.89. The van der Waals surface area contributed by atoms with Crippen LogP contribution in [0, 0.1) is 25.7 Å². The number of carbonyl (C=O) groups is 2. The maximum absolute atomic E-state index is 13.6. The molecule has 5 rings (SSSR count). The second kappa shape index (κ2) is 12.0. The number of ketones is 1. The van der Waals surface area contributed by atoms with Crippen molar-refractivity contribution in [1.29, 1.82) is 0 Å². The quantitative estimate of drug-likeness (QED) is 0.195. The number of nitrogens with zero attached hydrogens (tertiary/aromatic N) is 4. The van der Waals surface area contributed by atoms with Crippen LogP contribution in [-0.2, 0) is 38.3 Å². The van der Waals surface area contributed by atoms with Crippen LogP contribution in [0.15, 0.2) is 24.3 Å². The summed E-state index contributed by atoms with van der Waals surface area (Å²) < 4.78 is 19.0. The van der Waals surface area contributed by atoms with Gasteiger partial charge in [0.05, 0.1) is 6.61 Å². The molecule has 0 bridgehead atoms. The minimum Gasteiger partial charge on any atom is -0.491 e. The molecule has 1 aromatic carbocycles. The molecule has 2 aromatic heterocycles. The van der Waals surface area contributed by atoms with E-state index in [1.54, 1.807) is 11.6 Å². The number of fused-ring (bicyclic) bond motifs is 1. The number of hydrogen-bond acceptors (Lipinski definition) is 8. The summed E-state index contributed by atoms with van der Waals surface area (Å²) in [6, 6.07) is 8.19. The third-order valence-corrected chi connectivity index (χ3v) is 8.49. The molecule has 0 spiro atoms. The molecule has 2 aliphatic rings. The van der Waals surface area contributed by atoms with Crippen LogP contribution in [0.4, 0.5) is 0 Å². The lowest BCUT2D eigenvalue weighted by Crippen LogP contribution is -2.52. The molecule has 2 atom stereocenters. The molecule has 0 radical (unpaired) electrons. The summed E-state index contributed by atoms with van der Waals surface area (Å²) in [6.07, 6.45) is 6.76. The van der Waals surface area contributed by atoms with E-state index in [1.807, 2.05) is 26.0 Å². The Morgan fingerprint density at radius 3 is 2.62 bits per heavy atom. The number of methoxy groups -OCH3 is 1. The van der Waals surface area contributed by atoms with Crippen molar-refractivity contribution in [2.75, 3.05) is 20.3 Å². The highest BCUT2D eigenvalue weighted by atomic mass is 16.6. The minimum absolute atomic E-state index is 0.0704. The summed E-state index contributed by atoms with van der Waals surface area (Å²) in [5.41, 5.74) is 3.28. The predicted octanol–water partition coefficient (Wildman–Crippen LogP) is 4.57. The third-order valence-electron chi connectivity index (χ3n) is 8.49. The summed E-state index contributed by atoms with van der Waals surface area (Å²) in [7, 11) is 1.66. The molecule has 1 aliphatic carbocycles. The van der Waals surface area contributed by atoms with Crippen molar-refractivity contribution >= 4 is 17.5 Å². The first kappa shape index (κ1) is 28.2. The highest BCUT2D eigenvalue weighted by Crippen LogP contribution is 2.45. The average Bonchev–Trinajstić information content (AvgIpc) is 3.61. The van der Waals surface area contributed by atoms with Crippen LogP contribution in [0.2, 0.25) is 0 Å². The van der Waals surface area contributed by atoms with Crippen LogP contribution >= 0.6 is 0 Å². The number of cyclic esters (lactones) is 1. The molecule has 3 heterocycles. The van der Waals surface area contributed by atoms with Crippen molar-refractivity contribution in [1.82, 2.24) is 19.6 Å². The Morgan fingerprint density at radius 2 is 1.90 bits per heavy atom. The second-order valence-corrected chi connectivity index (χ2v) is 11.3. The number of Topliss-reactive ketones (excluding diaryl/α,β-unsaturated/α-hetero) is 1. The molecule has 1 saturated heterocycles. The molecular formula is C31H40N4O5. The van der Waals surface area contributed by atoms with Crippen LogP contribution in [0.5, 0.6) is 5.75 Å².